The number of likely N-dealkylation sites (N-methyl/N-ethyl adjacent to an activating group) is 1. The zero-order valence-electron chi connectivity index (χ0n) is 12.4. The summed E-state index contributed by atoms with van der Waals surface area (Å²) in [7, 11) is -2.15. The largest absolute Gasteiger partial charge is 0.379 e. The van der Waals surface area contributed by atoms with Gasteiger partial charge in [-0.25, -0.2) is 13.6 Å². The summed E-state index contributed by atoms with van der Waals surface area (Å²) < 4.78 is 28.6. The van der Waals surface area contributed by atoms with Crippen LogP contribution in [-0.4, -0.2) is 45.5 Å². The average molecular weight is 312 g/mol. The Hall–Kier alpha value is -1.44. The number of hydrogen-bond donors (Lipinski definition) is 1. The van der Waals surface area contributed by atoms with E-state index in [9.17, 15) is 13.2 Å². The van der Waals surface area contributed by atoms with Gasteiger partial charge in [0, 0.05) is 19.2 Å². The summed E-state index contributed by atoms with van der Waals surface area (Å²) in [6.45, 7) is 4.59. The molecule has 1 fully saturated rings. The van der Waals surface area contributed by atoms with Crippen LogP contribution in [0.1, 0.15) is 27.9 Å². The number of ether oxygens (including phenoxy) is 1. The molecular formula is C14H20N2O4S. The zero-order chi connectivity index (χ0) is 15.8. The van der Waals surface area contributed by atoms with E-state index in [1.807, 2.05) is 0 Å². The Labute approximate surface area is 124 Å². The summed E-state index contributed by atoms with van der Waals surface area (Å²) in [6.07, 6.45) is 0.787. The van der Waals surface area contributed by atoms with Crippen molar-refractivity contribution in [1.29, 1.82) is 0 Å². The van der Waals surface area contributed by atoms with E-state index in [1.165, 1.54) is 6.07 Å². The molecule has 1 aliphatic rings. The molecule has 1 amide bonds. The van der Waals surface area contributed by atoms with E-state index in [-0.39, 0.29) is 16.8 Å². The number of nitrogens with zero attached hydrogens (tertiary/aromatic N) is 1. The zero-order valence-corrected chi connectivity index (χ0v) is 13.2. The van der Waals surface area contributed by atoms with Gasteiger partial charge in [-0.15, -0.1) is 0 Å². The molecule has 1 aromatic rings. The van der Waals surface area contributed by atoms with Crippen LogP contribution in [0, 0.1) is 13.8 Å². The topological polar surface area (TPSA) is 89.7 Å². The number of primary sulfonamides is 1. The normalized spacial score (nSPS) is 18.8. The molecule has 0 aliphatic carbocycles. The molecule has 0 spiro atoms. The summed E-state index contributed by atoms with van der Waals surface area (Å²) >= 11 is 0. The molecule has 1 unspecified atom stereocenters. The van der Waals surface area contributed by atoms with Crippen LogP contribution in [0.2, 0.25) is 0 Å². The van der Waals surface area contributed by atoms with Crippen LogP contribution in [-0.2, 0) is 14.8 Å². The van der Waals surface area contributed by atoms with Gasteiger partial charge in [-0.2, -0.15) is 0 Å². The van der Waals surface area contributed by atoms with Crippen molar-refractivity contribution in [3.8, 4) is 0 Å². The monoisotopic (exact) mass is 312 g/mol. The standard InChI is InChI=1S/C14H20N2O4S/c1-9-6-11(7-13(10(9)2)21(15,18)19)14(17)16(3)12-4-5-20-8-12/h6-7,12H,4-5,8H2,1-3H3,(H2,15,18,19). The van der Waals surface area contributed by atoms with Gasteiger partial charge in [0.15, 0.2) is 0 Å². The second-order valence-electron chi connectivity index (χ2n) is 5.39. The molecule has 21 heavy (non-hydrogen) atoms. The Bertz CT molecular complexity index is 664. The minimum absolute atomic E-state index is 0.00178. The van der Waals surface area contributed by atoms with Crippen molar-refractivity contribution < 1.29 is 17.9 Å². The Morgan fingerprint density at radius 1 is 1.38 bits per heavy atom. The van der Waals surface area contributed by atoms with Crippen LogP contribution < -0.4 is 5.14 Å². The van der Waals surface area contributed by atoms with Crippen LogP contribution in [0.3, 0.4) is 0 Å². The van der Waals surface area contributed by atoms with Gasteiger partial charge < -0.3 is 9.64 Å². The second-order valence-corrected chi connectivity index (χ2v) is 6.92. The number of hydrogen-bond acceptors (Lipinski definition) is 4. The van der Waals surface area contributed by atoms with Gasteiger partial charge in [-0.1, -0.05) is 0 Å². The maximum Gasteiger partial charge on any atom is 0.253 e. The van der Waals surface area contributed by atoms with Gasteiger partial charge in [0.05, 0.1) is 17.5 Å². The van der Waals surface area contributed by atoms with Crippen molar-refractivity contribution in [1.82, 2.24) is 4.90 Å². The molecule has 1 saturated heterocycles. The first-order valence-corrected chi connectivity index (χ1v) is 8.25. The molecule has 6 nitrogen and oxygen atoms in total. The summed E-state index contributed by atoms with van der Waals surface area (Å²) in [5, 5.41) is 5.22. The predicted octanol–water partition coefficient (Wildman–Crippen LogP) is 0.812. The molecule has 0 bridgehead atoms. The highest BCUT2D eigenvalue weighted by atomic mass is 32.2. The number of amides is 1. The van der Waals surface area contributed by atoms with E-state index < -0.39 is 10.0 Å². The molecule has 0 saturated carbocycles. The van der Waals surface area contributed by atoms with E-state index >= 15 is 0 Å². The van der Waals surface area contributed by atoms with E-state index in [4.69, 9.17) is 9.88 Å². The van der Waals surface area contributed by atoms with E-state index in [0.29, 0.717) is 24.3 Å². The molecule has 2 N–H and O–H groups in total. The maximum atomic E-state index is 12.5. The third-order valence-corrected chi connectivity index (χ3v) is 4.98. The molecule has 116 valence electrons. The van der Waals surface area contributed by atoms with Gasteiger partial charge in [0.25, 0.3) is 5.91 Å². The molecule has 1 heterocycles. The van der Waals surface area contributed by atoms with E-state index in [1.54, 1.807) is 31.9 Å². The number of nitrogens with two attached hydrogens (primary N) is 1. The van der Waals surface area contributed by atoms with Crippen molar-refractivity contribution in [2.24, 2.45) is 5.14 Å². The average Bonchev–Trinajstić information content (AvgIpc) is 2.92. The van der Waals surface area contributed by atoms with Crippen LogP contribution in [0.4, 0.5) is 0 Å². The number of benzene rings is 1. The third-order valence-electron chi connectivity index (χ3n) is 3.95. The van der Waals surface area contributed by atoms with Crippen molar-refractivity contribution >= 4 is 15.9 Å². The van der Waals surface area contributed by atoms with Gasteiger partial charge in [0.1, 0.15) is 0 Å². The van der Waals surface area contributed by atoms with Crippen molar-refractivity contribution in [2.45, 2.75) is 31.2 Å². The summed E-state index contributed by atoms with van der Waals surface area (Å²) in [6, 6.07) is 3.07. The van der Waals surface area contributed by atoms with Crippen LogP contribution in [0.5, 0.6) is 0 Å². The fourth-order valence-corrected chi connectivity index (χ4v) is 3.32. The molecule has 1 aliphatic heterocycles. The second kappa shape index (κ2) is 5.75. The van der Waals surface area contributed by atoms with Crippen LogP contribution >= 0.6 is 0 Å². The molecule has 0 aromatic heterocycles. The summed E-state index contributed by atoms with van der Waals surface area (Å²) in [5.74, 6) is -0.224. The highest BCUT2D eigenvalue weighted by Crippen LogP contribution is 2.22. The van der Waals surface area contributed by atoms with Crippen molar-refractivity contribution in [2.75, 3.05) is 20.3 Å². The highest BCUT2D eigenvalue weighted by molar-refractivity contribution is 7.89. The fourth-order valence-electron chi connectivity index (χ4n) is 2.44. The lowest BCUT2D eigenvalue weighted by atomic mass is 10.0. The molecule has 2 rings (SSSR count). The van der Waals surface area contributed by atoms with Crippen molar-refractivity contribution in [3.63, 3.8) is 0 Å². The molecule has 7 heteroatoms. The van der Waals surface area contributed by atoms with Gasteiger partial charge in [0.2, 0.25) is 10.0 Å². The number of rotatable bonds is 3. The van der Waals surface area contributed by atoms with Crippen molar-refractivity contribution in [3.05, 3.63) is 28.8 Å². The summed E-state index contributed by atoms with van der Waals surface area (Å²) in [4.78, 5) is 14.1. The Morgan fingerprint density at radius 3 is 2.57 bits per heavy atom. The molecule has 1 aromatic carbocycles. The quantitative estimate of drug-likeness (QED) is 0.894. The summed E-state index contributed by atoms with van der Waals surface area (Å²) in [5.41, 5.74) is 1.62. The third kappa shape index (κ3) is 3.25. The lowest BCUT2D eigenvalue weighted by Gasteiger charge is -2.24. The molecular weight excluding hydrogens is 292 g/mol. The number of carbonyl (C=O) groups excluding carboxylic acids is 1. The Balaban J connectivity index is 2.40. The minimum atomic E-state index is -3.85. The van der Waals surface area contributed by atoms with Gasteiger partial charge in [-0.3, -0.25) is 4.79 Å². The smallest absolute Gasteiger partial charge is 0.253 e. The number of aryl methyl sites for hydroxylation is 1. The van der Waals surface area contributed by atoms with E-state index in [2.05, 4.69) is 0 Å². The first-order chi connectivity index (χ1) is 9.71. The first-order valence-electron chi connectivity index (χ1n) is 6.70. The van der Waals surface area contributed by atoms with Gasteiger partial charge >= 0.3 is 0 Å². The Kier molecular flexibility index (Phi) is 4.36. The van der Waals surface area contributed by atoms with E-state index in [0.717, 1.165) is 12.0 Å². The highest BCUT2D eigenvalue weighted by Gasteiger charge is 2.26. The maximum absolute atomic E-state index is 12.5. The van der Waals surface area contributed by atoms with Gasteiger partial charge in [-0.05, 0) is 43.5 Å². The lowest BCUT2D eigenvalue weighted by Crippen LogP contribution is -2.37. The fraction of sp³-hybridized carbons (Fsp3) is 0.500. The molecule has 0 radical (unpaired) electrons. The minimum Gasteiger partial charge on any atom is -0.379 e. The lowest BCUT2D eigenvalue weighted by molar-refractivity contribution is 0.0711. The number of sulfonamides is 1. The SMILES string of the molecule is Cc1cc(C(=O)N(C)C2CCOC2)cc(S(N)(=O)=O)c1C. The Morgan fingerprint density at radius 2 is 2.05 bits per heavy atom. The molecule has 1 atom stereocenters. The predicted molar refractivity (Wildman–Crippen MR) is 78.6 cm³/mol. The van der Waals surface area contributed by atoms with Crippen LogP contribution in [0.25, 0.3) is 0 Å². The first kappa shape index (κ1) is 15.9. The van der Waals surface area contributed by atoms with Crippen LogP contribution in [0.15, 0.2) is 17.0 Å². The number of carbonyl (C=O) groups is 1.